The summed E-state index contributed by atoms with van der Waals surface area (Å²) in [6, 6.07) is 14.3. The molecule has 0 N–H and O–H groups in total. The second-order valence-electron chi connectivity index (χ2n) is 9.13. The fourth-order valence-corrected chi connectivity index (χ4v) is 5.54. The van der Waals surface area contributed by atoms with Gasteiger partial charge >= 0.3 is 0 Å². The van der Waals surface area contributed by atoms with E-state index in [1.165, 1.54) is 6.42 Å². The number of amides is 1. The molecule has 2 fully saturated rings. The summed E-state index contributed by atoms with van der Waals surface area (Å²) >= 11 is 0. The molecule has 2 aromatic carbocycles. The van der Waals surface area contributed by atoms with E-state index in [1.54, 1.807) is 14.2 Å². The minimum atomic E-state index is 0.115. The van der Waals surface area contributed by atoms with Gasteiger partial charge in [-0.15, -0.1) is 0 Å². The lowest BCUT2D eigenvalue weighted by Crippen LogP contribution is -2.45. The molecule has 6 nitrogen and oxygen atoms in total. The maximum absolute atomic E-state index is 13.7. The Bertz CT molecular complexity index is 950. The van der Waals surface area contributed by atoms with Gasteiger partial charge in [0.25, 0.3) is 0 Å². The maximum atomic E-state index is 13.7. The molecule has 0 bridgehead atoms. The molecule has 5 rings (SSSR count). The van der Waals surface area contributed by atoms with Gasteiger partial charge in [-0.25, -0.2) is 5.01 Å². The first-order valence-electron chi connectivity index (χ1n) is 11.7. The number of para-hydroxylation sites is 1. The van der Waals surface area contributed by atoms with Crippen LogP contribution < -0.4 is 14.2 Å². The normalized spacial score (nSPS) is 23.2. The van der Waals surface area contributed by atoms with Crippen LogP contribution in [0.25, 0.3) is 0 Å². The number of fused-ring (bicyclic) bond motifs is 3. The van der Waals surface area contributed by atoms with E-state index in [0.717, 1.165) is 54.1 Å². The molecule has 1 saturated carbocycles. The highest BCUT2D eigenvalue weighted by molar-refractivity contribution is 5.79. The van der Waals surface area contributed by atoms with E-state index in [-0.39, 0.29) is 23.8 Å². The van der Waals surface area contributed by atoms with Crippen LogP contribution >= 0.6 is 0 Å². The van der Waals surface area contributed by atoms with Crippen LogP contribution in [0, 0.1) is 11.8 Å². The van der Waals surface area contributed by atoms with Crippen LogP contribution in [0.2, 0.25) is 0 Å². The molecule has 170 valence electrons. The highest BCUT2D eigenvalue weighted by atomic mass is 16.5. The van der Waals surface area contributed by atoms with Crippen molar-refractivity contribution >= 4 is 5.91 Å². The van der Waals surface area contributed by atoms with Crippen LogP contribution in [-0.4, -0.2) is 43.3 Å². The van der Waals surface area contributed by atoms with Crippen molar-refractivity contribution in [2.24, 2.45) is 11.8 Å². The van der Waals surface area contributed by atoms with Crippen molar-refractivity contribution in [3.8, 4) is 17.2 Å². The number of ether oxygens (including phenoxy) is 3. The number of methoxy groups -OCH3 is 2. The first-order chi connectivity index (χ1) is 15.7. The van der Waals surface area contributed by atoms with Crippen LogP contribution in [0.4, 0.5) is 0 Å². The number of carbonyl (C=O) groups is 1. The molecule has 2 aliphatic heterocycles. The molecule has 1 aliphatic carbocycles. The lowest BCUT2D eigenvalue weighted by atomic mass is 9.88. The van der Waals surface area contributed by atoms with Crippen molar-refractivity contribution in [1.82, 2.24) is 10.0 Å². The lowest BCUT2D eigenvalue weighted by Gasteiger charge is -2.37. The van der Waals surface area contributed by atoms with Crippen molar-refractivity contribution < 1.29 is 19.0 Å². The quantitative estimate of drug-likeness (QED) is 0.686. The molecule has 3 aliphatic rings. The zero-order valence-corrected chi connectivity index (χ0v) is 19.0. The van der Waals surface area contributed by atoms with Gasteiger partial charge in [-0.05, 0) is 36.6 Å². The van der Waals surface area contributed by atoms with Crippen molar-refractivity contribution in [2.45, 2.75) is 44.7 Å². The predicted octanol–water partition coefficient (Wildman–Crippen LogP) is 4.59. The van der Waals surface area contributed by atoms with Crippen LogP contribution in [-0.2, 0) is 11.3 Å². The largest absolute Gasteiger partial charge is 0.497 e. The summed E-state index contributed by atoms with van der Waals surface area (Å²) in [4.78, 5) is 13.7. The van der Waals surface area contributed by atoms with Crippen LogP contribution in [0.1, 0.15) is 49.3 Å². The second kappa shape index (κ2) is 9.02. The minimum absolute atomic E-state index is 0.115. The molecule has 0 unspecified atom stereocenters. The molecule has 1 amide bonds. The van der Waals surface area contributed by atoms with E-state index in [4.69, 9.17) is 14.2 Å². The molecule has 2 aromatic rings. The van der Waals surface area contributed by atoms with Gasteiger partial charge in [0.15, 0.2) is 0 Å². The molecular weight excluding hydrogens is 404 g/mol. The molecule has 1 saturated heterocycles. The summed E-state index contributed by atoms with van der Waals surface area (Å²) in [6.45, 7) is 1.95. The van der Waals surface area contributed by atoms with E-state index >= 15 is 0 Å². The SMILES string of the molecule is COc1cc(CN2[C@H]3c4ccccc4OC[C@H]3CN2C(=O)C2CCCCC2)cc(OC)c1. The van der Waals surface area contributed by atoms with Crippen molar-refractivity contribution in [2.75, 3.05) is 27.4 Å². The monoisotopic (exact) mass is 436 g/mol. The highest BCUT2D eigenvalue weighted by Crippen LogP contribution is 2.46. The third kappa shape index (κ3) is 3.92. The minimum Gasteiger partial charge on any atom is -0.497 e. The fourth-order valence-electron chi connectivity index (χ4n) is 5.54. The van der Waals surface area contributed by atoms with E-state index < -0.39 is 0 Å². The molecular formula is C26H32N2O4. The molecule has 2 heterocycles. The number of benzene rings is 2. The zero-order chi connectivity index (χ0) is 22.1. The predicted molar refractivity (Wildman–Crippen MR) is 122 cm³/mol. The van der Waals surface area contributed by atoms with Gasteiger partial charge < -0.3 is 14.2 Å². The number of carbonyl (C=O) groups excluding carboxylic acids is 1. The second-order valence-corrected chi connectivity index (χ2v) is 9.13. The fraction of sp³-hybridized carbons (Fsp3) is 0.500. The summed E-state index contributed by atoms with van der Waals surface area (Å²) in [5.41, 5.74) is 2.23. The number of nitrogens with zero attached hydrogens (tertiary/aromatic N) is 2. The Morgan fingerprint density at radius 2 is 1.75 bits per heavy atom. The van der Waals surface area contributed by atoms with Gasteiger partial charge in [0.1, 0.15) is 17.2 Å². The van der Waals surface area contributed by atoms with E-state index in [0.29, 0.717) is 19.7 Å². The standard InChI is InChI=1S/C26H32N2O4/c1-30-21-12-18(13-22(14-21)31-2)15-27-25-20(17-32-24-11-7-6-10-23(24)25)16-28(27)26(29)19-8-4-3-5-9-19/h6-7,10-14,19-20,25H,3-5,8-9,15-17H2,1-2H3/t20-,25-/m1/s1. The highest BCUT2D eigenvalue weighted by Gasteiger charge is 2.47. The molecule has 32 heavy (non-hydrogen) atoms. The summed E-state index contributed by atoms with van der Waals surface area (Å²) in [6.07, 6.45) is 5.53. The Morgan fingerprint density at radius 1 is 1.03 bits per heavy atom. The Balaban J connectivity index is 1.51. The number of hydrogen-bond donors (Lipinski definition) is 0. The lowest BCUT2D eigenvalue weighted by molar-refractivity contribution is -0.153. The van der Waals surface area contributed by atoms with Crippen LogP contribution in [0.5, 0.6) is 17.2 Å². The van der Waals surface area contributed by atoms with Gasteiger partial charge in [-0.1, -0.05) is 37.5 Å². The average Bonchev–Trinajstić information content (AvgIpc) is 3.22. The Kier molecular flexibility index (Phi) is 5.96. The van der Waals surface area contributed by atoms with Crippen molar-refractivity contribution in [3.05, 3.63) is 53.6 Å². The van der Waals surface area contributed by atoms with E-state index in [1.807, 2.05) is 35.3 Å². The van der Waals surface area contributed by atoms with Gasteiger partial charge in [0.2, 0.25) is 5.91 Å². The van der Waals surface area contributed by atoms with Crippen LogP contribution in [0.3, 0.4) is 0 Å². The topological polar surface area (TPSA) is 51.2 Å². The van der Waals surface area contributed by atoms with E-state index in [9.17, 15) is 4.79 Å². The summed E-state index contributed by atoms with van der Waals surface area (Å²) < 4.78 is 17.1. The van der Waals surface area contributed by atoms with Gasteiger partial charge in [-0.3, -0.25) is 9.80 Å². The van der Waals surface area contributed by atoms with Gasteiger partial charge in [-0.2, -0.15) is 0 Å². The smallest absolute Gasteiger partial charge is 0.240 e. The Labute approximate surface area is 190 Å². The molecule has 0 aromatic heterocycles. The van der Waals surface area contributed by atoms with Crippen LogP contribution in [0.15, 0.2) is 42.5 Å². The van der Waals surface area contributed by atoms with E-state index in [2.05, 4.69) is 17.1 Å². The molecule has 2 atom stereocenters. The average molecular weight is 437 g/mol. The number of hydrazine groups is 1. The molecule has 0 radical (unpaired) electrons. The summed E-state index contributed by atoms with van der Waals surface area (Å²) in [5, 5.41) is 4.31. The summed E-state index contributed by atoms with van der Waals surface area (Å²) in [5.74, 6) is 3.09. The first-order valence-corrected chi connectivity index (χ1v) is 11.7. The molecule has 0 spiro atoms. The summed E-state index contributed by atoms with van der Waals surface area (Å²) in [7, 11) is 3.33. The van der Waals surface area contributed by atoms with Gasteiger partial charge in [0.05, 0.1) is 26.9 Å². The third-order valence-electron chi connectivity index (χ3n) is 7.14. The molecule has 6 heteroatoms. The Morgan fingerprint density at radius 3 is 2.47 bits per heavy atom. The zero-order valence-electron chi connectivity index (χ0n) is 19.0. The third-order valence-corrected chi connectivity index (χ3v) is 7.14. The number of hydrogen-bond acceptors (Lipinski definition) is 5. The van der Waals surface area contributed by atoms with Crippen molar-refractivity contribution in [3.63, 3.8) is 0 Å². The van der Waals surface area contributed by atoms with Gasteiger partial charge in [0, 0.05) is 36.6 Å². The number of rotatable bonds is 5. The maximum Gasteiger partial charge on any atom is 0.240 e. The Hall–Kier alpha value is -2.73. The first kappa shape index (κ1) is 21.1. The van der Waals surface area contributed by atoms with Crippen molar-refractivity contribution in [1.29, 1.82) is 0 Å².